The highest BCUT2D eigenvalue weighted by Gasteiger charge is 2.19. The van der Waals surface area contributed by atoms with Gasteiger partial charge in [0.1, 0.15) is 16.0 Å². The largest absolute Gasteiger partial charge is 0.457 e. The Morgan fingerprint density at radius 3 is 2.56 bits per heavy atom. The number of hydrogen-bond donors (Lipinski definition) is 1. The summed E-state index contributed by atoms with van der Waals surface area (Å²) in [5.41, 5.74) is 0.668. The summed E-state index contributed by atoms with van der Waals surface area (Å²) in [6.45, 7) is 1.86. The summed E-state index contributed by atoms with van der Waals surface area (Å²) in [4.78, 5) is 33.2. The molecular formula is C19H15BrClN5O6. The number of benzene rings is 2. The van der Waals surface area contributed by atoms with Crippen molar-refractivity contribution in [1.29, 1.82) is 0 Å². The molecule has 0 saturated heterocycles. The lowest BCUT2D eigenvalue weighted by molar-refractivity contribution is -0.390. The molecule has 0 atom stereocenters. The molecule has 0 radical (unpaired) electrons. The Hall–Kier alpha value is -3.51. The number of aromatic nitrogens is 2. The lowest BCUT2D eigenvalue weighted by Gasteiger charge is -2.10. The van der Waals surface area contributed by atoms with Gasteiger partial charge in [0.2, 0.25) is 5.91 Å². The maximum absolute atomic E-state index is 12.3. The normalized spacial score (nSPS) is 10.6. The highest BCUT2D eigenvalue weighted by molar-refractivity contribution is 9.10. The molecule has 3 rings (SSSR count). The number of nitrogens with zero attached hydrogens (tertiary/aromatic N) is 4. The van der Waals surface area contributed by atoms with Crippen LogP contribution in [0.15, 0.2) is 47.1 Å². The zero-order chi connectivity index (χ0) is 23.4. The van der Waals surface area contributed by atoms with E-state index < -0.39 is 15.8 Å². The van der Waals surface area contributed by atoms with Crippen molar-refractivity contribution >= 4 is 50.6 Å². The van der Waals surface area contributed by atoms with Gasteiger partial charge in [-0.3, -0.25) is 14.9 Å². The summed E-state index contributed by atoms with van der Waals surface area (Å²) in [6.07, 6.45) is 1.32. The van der Waals surface area contributed by atoms with Gasteiger partial charge >= 0.3 is 5.82 Å². The fourth-order valence-electron chi connectivity index (χ4n) is 2.70. The summed E-state index contributed by atoms with van der Waals surface area (Å²) in [7, 11) is 0. The molecule has 1 N–H and O–H groups in total. The molecule has 11 nitrogen and oxygen atoms in total. The number of aryl methyl sites for hydroxylation is 2. The van der Waals surface area contributed by atoms with E-state index in [-0.39, 0.29) is 40.4 Å². The summed E-state index contributed by atoms with van der Waals surface area (Å²) < 4.78 is 7.15. The van der Waals surface area contributed by atoms with Gasteiger partial charge in [-0.1, -0.05) is 11.6 Å². The molecule has 166 valence electrons. The van der Waals surface area contributed by atoms with Crippen LogP contribution in [0.25, 0.3) is 0 Å². The monoisotopic (exact) mass is 523 g/mol. The standard InChI is InChI=1S/C19H15BrClN5O6/c1-11-6-14(2-3-17(11)21)32-15-8-12(7-13(9-15)25(28)29)22-18(27)4-5-24-10-16(20)19(23-24)26(30)31/h2-3,6-10H,4-5H2,1H3,(H,22,27). The Labute approximate surface area is 194 Å². The zero-order valence-electron chi connectivity index (χ0n) is 16.4. The molecule has 0 saturated carbocycles. The minimum atomic E-state index is -0.645. The van der Waals surface area contributed by atoms with Gasteiger partial charge in [0.05, 0.1) is 34.5 Å². The van der Waals surface area contributed by atoms with Gasteiger partial charge in [0.15, 0.2) is 0 Å². The van der Waals surface area contributed by atoms with Gasteiger partial charge in [-0.05, 0) is 51.5 Å². The summed E-state index contributed by atoms with van der Waals surface area (Å²) >= 11 is 9.03. The van der Waals surface area contributed by atoms with E-state index in [1.807, 2.05) is 0 Å². The number of rotatable bonds is 8. The Kier molecular flexibility index (Phi) is 7.05. The van der Waals surface area contributed by atoms with E-state index >= 15 is 0 Å². The minimum Gasteiger partial charge on any atom is -0.457 e. The van der Waals surface area contributed by atoms with Crippen LogP contribution in [0.2, 0.25) is 5.02 Å². The lowest BCUT2D eigenvalue weighted by Crippen LogP contribution is -2.15. The van der Waals surface area contributed by atoms with Crippen molar-refractivity contribution in [2.75, 3.05) is 5.32 Å². The van der Waals surface area contributed by atoms with Crippen molar-refractivity contribution in [3.8, 4) is 11.5 Å². The van der Waals surface area contributed by atoms with Crippen LogP contribution in [0.5, 0.6) is 11.5 Å². The molecule has 0 aliphatic heterocycles. The third-order valence-electron chi connectivity index (χ3n) is 4.19. The van der Waals surface area contributed by atoms with Crippen molar-refractivity contribution in [1.82, 2.24) is 9.78 Å². The molecule has 3 aromatic rings. The van der Waals surface area contributed by atoms with Gasteiger partial charge in [0, 0.05) is 23.6 Å². The Morgan fingerprint density at radius 2 is 1.94 bits per heavy atom. The number of carbonyl (C=O) groups excluding carboxylic acids is 1. The third kappa shape index (κ3) is 5.80. The first-order chi connectivity index (χ1) is 15.1. The van der Waals surface area contributed by atoms with E-state index in [1.54, 1.807) is 25.1 Å². The maximum Gasteiger partial charge on any atom is 0.404 e. The molecule has 0 spiro atoms. The smallest absolute Gasteiger partial charge is 0.404 e. The number of hydrogen-bond acceptors (Lipinski definition) is 7. The molecule has 0 unspecified atom stereocenters. The van der Waals surface area contributed by atoms with Crippen LogP contribution in [0.4, 0.5) is 17.2 Å². The Bertz CT molecular complexity index is 1210. The van der Waals surface area contributed by atoms with Gasteiger partial charge < -0.3 is 20.2 Å². The van der Waals surface area contributed by atoms with Gasteiger partial charge in [-0.25, -0.2) is 0 Å². The third-order valence-corrected chi connectivity index (χ3v) is 5.17. The predicted octanol–water partition coefficient (Wildman–Crippen LogP) is 5.24. The Morgan fingerprint density at radius 1 is 1.19 bits per heavy atom. The molecule has 1 amide bonds. The number of nitro groups is 2. The molecule has 32 heavy (non-hydrogen) atoms. The second-order valence-corrected chi connectivity index (χ2v) is 7.87. The SMILES string of the molecule is Cc1cc(Oc2cc(NC(=O)CCn3cc(Br)c([N+](=O)[O-])n3)cc([N+](=O)[O-])c2)ccc1Cl. The van der Waals surface area contributed by atoms with Gasteiger partial charge in [0.25, 0.3) is 5.69 Å². The van der Waals surface area contributed by atoms with Gasteiger partial charge in [-0.15, -0.1) is 0 Å². The number of anilines is 1. The van der Waals surface area contributed by atoms with Crippen LogP contribution in [-0.2, 0) is 11.3 Å². The van der Waals surface area contributed by atoms with Crippen molar-refractivity contribution in [3.63, 3.8) is 0 Å². The first kappa shape index (κ1) is 23.2. The number of nitro benzene ring substituents is 1. The Balaban J connectivity index is 1.72. The number of ether oxygens (including phenoxy) is 1. The number of halogens is 2. The fraction of sp³-hybridized carbons (Fsp3) is 0.158. The molecule has 0 aliphatic carbocycles. The number of carbonyl (C=O) groups is 1. The molecule has 2 aromatic carbocycles. The quantitative estimate of drug-likeness (QED) is 0.313. The second-order valence-electron chi connectivity index (χ2n) is 6.60. The lowest BCUT2D eigenvalue weighted by atomic mass is 10.2. The van der Waals surface area contributed by atoms with E-state index in [4.69, 9.17) is 16.3 Å². The highest BCUT2D eigenvalue weighted by atomic mass is 79.9. The second kappa shape index (κ2) is 9.75. The fourth-order valence-corrected chi connectivity index (χ4v) is 3.28. The summed E-state index contributed by atoms with van der Waals surface area (Å²) in [5, 5.41) is 29.0. The van der Waals surface area contributed by atoms with Crippen LogP contribution < -0.4 is 10.1 Å². The van der Waals surface area contributed by atoms with E-state index in [1.165, 1.54) is 29.1 Å². The molecule has 0 fully saturated rings. The molecular weight excluding hydrogens is 510 g/mol. The number of amides is 1. The predicted molar refractivity (Wildman–Crippen MR) is 119 cm³/mol. The van der Waals surface area contributed by atoms with Crippen LogP contribution >= 0.6 is 27.5 Å². The summed E-state index contributed by atoms with van der Waals surface area (Å²) in [5.74, 6) is -0.241. The van der Waals surface area contributed by atoms with E-state index in [0.717, 1.165) is 5.56 Å². The van der Waals surface area contributed by atoms with E-state index in [9.17, 15) is 25.0 Å². The van der Waals surface area contributed by atoms with Gasteiger partial charge in [-0.2, -0.15) is 4.68 Å². The molecule has 1 aromatic heterocycles. The highest BCUT2D eigenvalue weighted by Crippen LogP contribution is 2.31. The van der Waals surface area contributed by atoms with Crippen LogP contribution in [0.1, 0.15) is 12.0 Å². The average molecular weight is 525 g/mol. The molecule has 0 bridgehead atoms. The topological polar surface area (TPSA) is 142 Å². The first-order valence-electron chi connectivity index (χ1n) is 9.03. The zero-order valence-corrected chi connectivity index (χ0v) is 18.8. The van der Waals surface area contributed by atoms with E-state index in [2.05, 4.69) is 26.3 Å². The maximum atomic E-state index is 12.3. The minimum absolute atomic E-state index is 0.0689. The number of nitrogens with one attached hydrogen (secondary N) is 1. The van der Waals surface area contributed by atoms with Crippen LogP contribution in [-0.4, -0.2) is 25.5 Å². The van der Waals surface area contributed by atoms with Crippen molar-refractivity contribution in [2.24, 2.45) is 0 Å². The summed E-state index contributed by atoms with van der Waals surface area (Å²) in [6, 6.07) is 8.83. The van der Waals surface area contributed by atoms with Crippen molar-refractivity contribution in [3.05, 3.63) is 77.9 Å². The first-order valence-corrected chi connectivity index (χ1v) is 10.2. The van der Waals surface area contributed by atoms with Crippen molar-refractivity contribution < 1.29 is 19.4 Å². The molecule has 1 heterocycles. The van der Waals surface area contributed by atoms with Crippen LogP contribution in [0.3, 0.4) is 0 Å². The van der Waals surface area contributed by atoms with E-state index in [0.29, 0.717) is 10.8 Å². The molecule has 0 aliphatic rings. The van der Waals surface area contributed by atoms with Crippen molar-refractivity contribution in [2.45, 2.75) is 19.9 Å². The van der Waals surface area contributed by atoms with Crippen LogP contribution in [0, 0.1) is 27.2 Å². The average Bonchev–Trinajstić information content (AvgIpc) is 3.10. The molecule has 13 heteroatoms. The number of non-ortho nitro benzene ring substituents is 1.